The average Bonchev–Trinajstić information content (AvgIpc) is 3.00. The molecule has 0 bridgehead atoms. The van der Waals surface area contributed by atoms with Crippen LogP contribution in [0.15, 0.2) is 42.6 Å². The normalized spacial score (nSPS) is 11.9. The lowest BCUT2D eigenvalue weighted by Gasteiger charge is -2.10. The maximum Gasteiger partial charge on any atom is 0.229 e. The van der Waals surface area contributed by atoms with Crippen LogP contribution in [-0.2, 0) is 10.0 Å². The fourth-order valence-electron chi connectivity index (χ4n) is 3.07. The van der Waals surface area contributed by atoms with E-state index in [1.165, 1.54) is 18.3 Å². The number of anilines is 1. The molecule has 0 aliphatic rings. The van der Waals surface area contributed by atoms with E-state index in [0.717, 1.165) is 18.4 Å². The zero-order chi connectivity index (χ0) is 20.9. The Bertz CT molecular complexity index is 1420. The van der Waals surface area contributed by atoms with Crippen molar-refractivity contribution in [2.45, 2.75) is 0 Å². The number of nitrogens with one attached hydrogen (secondary N) is 2. The third-order valence-corrected chi connectivity index (χ3v) is 5.09. The lowest BCUT2D eigenvalue weighted by Crippen LogP contribution is -2.14. The molecule has 0 atom stereocenters. The molecule has 10 heteroatoms. The van der Waals surface area contributed by atoms with E-state index in [2.05, 4.69) is 9.97 Å². The Morgan fingerprint density at radius 3 is 2.62 bits per heavy atom. The van der Waals surface area contributed by atoms with Crippen LogP contribution in [0.2, 0.25) is 5.02 Å². The van der Waals surface area contributed by atoms with Gasteiger partial charge >= 0.3 is 0 Å². The van der Waals surface area contributed by atoms with Crippen molar-refractivity contribution in [2.75, 3.05) is 11.0 Å². The minimum Gasteiger partial charge on any atom is -0.339 e. The molecule has 4 rings (SSSR count). The van der Waals surface area contributed by atoms with E-state index in [1.807, 2.05) is 4.72 Å². The molecule has 0 unspecified atom stereocenters. The molecule has 2 heterocycles. The smallest absolute Gasteiger partial charge is 0.229 e. The molecule has 2 N–H and O–H groups in total. The van der Waals surface area contributed by atoms with E-state index < -0.39 is 38.7 Å². The van der Waals surface area contributed by atoms with E-state index in [4.69, 9.17) is 11.6 Å². The van der Waals surface area contributed by atoms with Gasteiger partial charge in [0.15, 0.2) is 11.6 Å². The van der Waals surface area contributed by atoms with Crippen molar-refractivity contribution in [1.82, 2.24) is 9.97 Å². The Hall–Kier alpha value is -3.04. The van der Waals surface area contributed by atoms with Gasteiger partial charge in [-0.1, -0.05) is 11.6 Å². The number of sulfonamides is 1. The molecule has 29 heavy (non-hydrogen) atoms. The molecule has 0 saturated carbocycles. The molecule has 2 aromatic carbocycles. The van der Waals surface area contributed by atoms with Crippen LogP contribution in [0.4, 0.5) is 14.5 Å². The molecule has 2 aromatic heterocycles. The van der Waals surface area contributed by atoms with Crippen LogP contribution in [0, 0.1) is 11.6 Å². The lowest BCUT2D eigenvalue weighted by molar-refractivity contribution is 0.103. The molecular formula is C19H12ClF2N3O3S. The molecule has 0 aliphatic heterocycles. The van der Waals surface area contributed by atoms with Crippen LogP contribution in [0.25, 0.3) is 21.9 Å². The van der Waals surface area contributed by atoms with Gasteiger partial charge in [-0.25, -0.2) is 22.2 Å². The SMILES string of the molecule is CS(=O)(=O)Nc1ccc(F)c(C(=O)c2ccc3[nH]c4ncc(Cl)cc4c3c2)c1F. The standard InChI is InChI=1S/C19H12ClF2N3O3S/c1-29(27,28)25-15-5-3-13(21)16(17(15)22)18(26)9-2-4-14-11(6-9)12-7-10(20)8-23-19(12)24-14/h2-8,25H,1H3,(H,23,24). The second kappa shape index (κ2) is 6.78. The number of halogens is 3. The maximum absolute atomic E-state index is 14.7. The summed E-state index contributed by atoms with van der Waals surface area (Å²) in [7, 11) is -3.82. The first-order valence-corrected chi connectivity index (χ1v) is 10.5. The molecule has 6 nitrogen and oxygen atoms in total. The number of hydrogen-bond acceptors (Lipinski definition) is 4. The highest BCUT2D eigenvalue weighted by Crippen LogP contribution is 2.29. The zero-order valence-corrected chi connectivity index (χ0v) is 16.3. The predicted octanol–water partition coefficient (Wildman–Crippen LogP) is 4.25. The number of pyridine rings is 1. The van der Waals surface area contributed by atoms with Crippen molar-refractivity contribution in [3.05, 3.63) is 70.4 Å². The number of rotatable bonds is 4. The largest absolute Gasteiger partial charge is 0.339 e. The Balaban J connectivity index is 1.86. The van der Waals surface area contributed by atoms with E-state index in [-0.39, 0.29) is 5.56 Å². The third kappa shape index (κ3) is 3.54. The van der Waals surface area contributed by atoms with E-state index >= 15 is 0 Å². The van der Waals surface area contributed by atoms with Crippen molar-refractivity contribution in [2.24, 2.45) is 0 Å². The number of ketones is 1. The summed E-state index contributed by atoms with van der Waals surface area (Å²) in [6, 6.07) is 7.89. The number of fused-ring (bicyclic) bond motifs is 3. The summed E-state index contributed by atoms with van der Waals surface area (Å²) in [6.07, 6.45) is 2.29. The molecule has 0 saturated heterocycles. The van der Waals surface area contributed by atoms with E-state index in [1.54, 1.807) is 12.1 Å². The molecule has 0 amide bonds. The molecular weight excluding hydrogens is 424 g/mol. The van der Waals surface area contributed by atoms with Gasteiger partial charge in [0, 0.05) is 28.0 Å². The highest BCUT2D eigenvalue weighted by atomic mass is 35.5. The monoisotopic (exact) mass is 435 g/mol. The summed E-state index contributed by atoms with van der Waals surface area (Å²) in [6.45, 7) is 0. The third-order valence-electron chi connectivity index (χ3n) is 4.29. The number of hydrogen-bond donors (Lipinski definition) is 2. The quantitative estimate of drug-likeness (QED) is 0.469. The van der Waals surface area contributed by atoms with E-state index in [9.17, 15) is 22.0 Å². The van der Waals surface area contributed by atoms with Gasteiger partial charge in [-0.15, -0.1) is 0 Å². The van der Waals surface area contributed by atoms with Gasteiger partial charge in [0.1, 0.15) is 11.5 Å². The Morgan fingerprint density at radius 1 is 1.14 bits per heavy atom. The summed E-state index contributed by atoms with van der Waals surface area (Å²) in [5, 5.41) is 1.65. The summed E-state index contributed by atoms with van der Waals surface area (Å²) in [5.74, 6) is -3.32. The molecule has 4 aromatic rings. The molecule has 0 aliphatic carbocycles. The van der Waals surface area contributed by atoms with Crippen molar-refractivity contribution in [3.63, 3.8) is 0 Å². The lowest BCUT2D eigenvalue weighted by atomic mass is 10.00. The van der Waals surface area contributed by atoms with Crippen LogP contribution >= 0.6 is 11.6 Å². The van der Waals surface area contributed by atoms with Gasteiger partial charge in [-0.3, -0.25) is 9.52 Å². The van der Waals surface area contributed by atoms with Crippen molar-refractivity contribution >= 4 is 55.0 Å². The van der Waals surface area contributed by atoms with Gasteiger partial charge < -0.3 is 4.98 Å². The van der Waals surface area contributed by atoms with Crippen LogP contribution in [0.3, 0.4) is 0 Å². The average molecular weight is 436 g/mol. The number of aromatic nitrogens is 2. The second-order valence-corrected chi connectivity index (χ2v) is 8.61. The van der Waals surface area contributed by atoms with Crippen molar-refractivity contribution in [1.29, 1.82) is 0 Å². The van der Waals surface area contributed by atoms with Gasteiger partial charge in [0.2, 0.25) is 10.0 Å². The Labute approximate surface area is 168 Å². The van der Waals surface area contributed by atoms with Crippen molar-refractivity contribution < 1.29 is 22.0 Å². The molecule has 0 radical (unpaired) electrons. The molecule has 0 fully saturated rings. The number of carbonyl (C=O) groups excluding carboxylic acids is 1. The van der Waals surface area contributed by atoms with Gasteiger partial charge in [-0.2, -0.15) is 0 Å². The number of benzene rings is 2. The first-order valence-electron chi connectivity index (χ1n) is 8.21. The summed E-state index contributed by atoms with van der Waals surface area (Å²) in [5.41, 5.74) is -0.131. The maximum atomic E-state index is 14.7. The molecule has 148 valence electrons. The number of nitrogens with zero attached hydrogens (tertiary/aromatic N) is 1. The fraction of sp³-hybridized carbons (Fsp3) is 0.0526. The van der Waals surface area contributed by atoms with Gasteiger partial charge in [0.25, 0.3) is 0 Å². The minimum atomic E-state index is -3.82. The van der Waals surface area contributed by atoms with Crippen molar-refractivity contribution in [3.8, 4) is 0 Å². The topological polar surface area (TPSA) is 91.9 Å². The van der Waals surface area contributed by atoms with Crippen LogP contribution in [-0.4, -0.2) is 30.4 Å². The fourth-order valence-corrected chi connectivity index (χ4v) is 3.79. The van der Waals surface area contributed by atoms with Crippen LogP contribution in [0.1, 0.15) is 15.9 Å². The van der Waals surface area contributed by atoms with Crippen LogP contribution < -0.4 is 4.72 Å². The first kappa shape index (κ1) is 19.3. The minimum absolute atomic E-state index is 0.0210. The summed E-state index contributed by atoms with van der Waals surface area (Å²) in [4.78, 5) is 20.1. The second-order valence-electron chi connectivity index (χ2n) is 6.42. The molecule has 0 spiro atoms. The van der Waals surface area contributed by atoms with E-state index in [0.29, 0.717) is 27.0 Å². The predicted molar refractivity (Wildman–Crippen MR) is 107 cm³/mol. The Kier molecular flexibility index (Phi) is 4.51. The highest BCUT2D eigenvalue weighted by molar-refractivity contribution is 7.92. The number of carbonyl (C=O) groups is 1. The van der Waals surface area contributed by atoms with Crippen LogP contribution in [0.5, 0.6) is 0 Å². The zero-order valence-electron chi connectivity index (χ0n) is 14.8. The number of aromatic amines is 1. The summed E-state index contributed by atoms with van der Waals surface area (Å²) >= 11 is 5.99. The Morgan fingerprint density at radius 2 is 1.90 bits per heavy atom. The first-order chi connectivity index (χ1) is 13.6. The summed E-state index contributed by atoms with van der Waals surface area (Å²) < 4.78 is 53.7. The van der Waals surface area contributed by atoms with Gasteiger partial charge in [-0.05, 0) is 36.4 Å². The number of H-pyrrole nitrogens is 1. The highest BCUT2D eigenvalue weighted by Gasteiger charge is 2.23. The van der Waals surface area contributed by atoms with Gasteiger partial charge in [0.05, 0.1) is 22.5 Å².